The summed E-state index contributed by atoms with van der Waals surface area (Å²) in [4.78, 5) is 10.2. The largest absolute Gasteiger partial charge is 0.462 e. The maximum atomic E-state index is 5.29. The first-order chi connectivity index (χ1) is 5.95. The Kier molecular flexibility index (Phi) is 2.18. The third kappa shape index (κ3) is 2.17. The van der Waals surface area contributed by atoms with Gasteiger partial charge in [0, 0.05) is 32.0 Å². The molecule has 12 heavy (non-hydrogen) atoms. The molecular formula is C8H11N3O. The molecule has 0 unspecified atom stereocenters. The topological polar surface area (TPSA) is 38.0 Å². The van der Waals surface area contributed by atoms with E-state index in [1.54, 1.807) is 18.5 Å². The first kappa shape index (κ1) is 7.49. The van der Waals surface area contributed by atoms with Gasteiger partial charge in [0.15, 0.2) is 0 Å². The Labute approximate surface area is 71.2 Å². The fourth-order valence-corrected chi connectivity index (χ4v) is 0.920. The smallest absolute Gasteiger partial charge is 0.316 e. The highest BCUT2D eigenvalue weighted by Crippen LogP contribution is 2.02. The molecule has 0 amide bonds. The van der Waals surface area contributed by atoms with E-state index in [1.807, 2.05) is 0 Å². The minimum absolute atomic E-state index is 0.472. The van der Waals surface area contributed by atoms with Gasteiger partial charge in [0.1, 0.15) is 6.61 Å². The van der Waals surface area contributed by atoms with E-state index >= 15 is 0 Å². The van der Waals surface area contributed by atoms with Crippen LogP contribution in [0.5, 0.6) is 6.01 Å². The Morgan fingerprint density at radius 1 is 1.33 bits per heavy atom. The molecule has 2 heterocycles. The Bertz CT molecular complexity index is 235. The summed E-state index contributed by atoms with van der Waals surface area (Å²) in [6.45, 7) is 4.08. The van der Waals surface area contributed by atoms with Crippen LogP contribution in [0.4, 0.5) is 0 Å². The van der Waals surface area contributed by atoms with Crippen LogP contribution in [0.2, 0.25) is 0 Å². The molecule has 2 rings (SSSR count). The lowest BCUT2D eigenvalue weighted by atomic mass is 10.7. The molecule has 1 aromatic heterocycles. The molecule has 0 N–H and O–H groups in total. The molecule has 1 aliphatic heterocycles. The van der Waals surface area contributed by atoms with Gasteiger partial charge in [-0.1, -0.05) is 0 Å². The van der Waals surface area contributed by atoms with Crippen LogP contribution in [0.25, 0.3) is 0 Å². The number of rotatable bonds is 4. The summed E-state index contributed by atoms with van der Waals surface area (Å²) in [6.07, 6.45) is 3.36. The molecule has 0 atom stereocenters. The van der Waals surface area contributed by atoms with Crippen molar-refractivity contribution in [3.63, 3.8) is 0 Å². The van der Waals surface area contributed by atoms with Crippen molar-refractivity contribution < 1.29 is 4.74 Å². The van der Waals surface area contributed by atoms with Gasteiger partial charge in [-0.3, -0.25) is 4.90 Å². The van der Waals surface area contributed by atoms with E-state index in [9.17, 15) is 0 Å². The highest BCUT2D eigenvalue weighted by Gasteiger charge is 2.16. The molecule has 0 saturated carbocycles. The summed E-state index contributed by atoms with van der Waals surface area (Å²) in [5.41, 5.74) is 0. The van der Waals surface area contributed by atoms with Crippen LogP contribution >= 0.6 is 0 Å². The van der Waals surface area contributed by atoms with E-state index < -0.39 is 0 Å². The second-order valence-electron chi connectivity index (χ2n) is 2.72. The fraction of sp³-hybridized carbons (Fsp3) is 0.500. The lowest BCUT2D eigenvalue weighted by Gasteiger charge is -2.02. The minimum Gasteiger partial charge on any atom is -0.462 e. The molecule has 64 valence electrons. The van der Waals surface area contributed by atoms with E-state index in [0.717, 1.165) is 6.54 Å². The molecule has 4 heteroatoms. The Hall–Kier alpha value is -1.16. The van der Waals surface area contributed by atoms with Crippen LogP contribution in [-0.4, -0.2) is 41.1 Å². The molecule has 0 spiro atoms. The molecule has 0 aromatic carbocycles. The maximum absolute atomic E-state index is 5.29. The van der Waals surface area contributed by atoms with E-state index in [2.05, 4.69) is 14.9 Å². The molecule has 0 radical (unpaired) electrons. The van der Waals surface area contributed by atoms with Gasteiger partial charge >= 0.3 is 6.01 Å². The second kappa shape index (κ2) is 3.49. The second-order valence-corrected chi connectivity index (χ2v) is 2.72. The van der Waals surface area contributed by atoms with Crippen LogP contribution in [0.3, 0.4) is 0 Å². The summed E-state index contributed by atoms with van der Waals surface area (Å²) < 4.78 is 5.29. The highest BCUT2D eigenvalue weighted by molar-refractivity contribution is 4.93. The predicted octanol–water partition coefficient (Wildman–Crippen LogP) is 0.171. The zero-order valence-electron chi connectivity index (χ0n) is 6.81. The Morgan fingerprint density at radius 3 is 2.75 bits per heavy atom. The zero-order valence-corrected chi connectivity index (χ0v) is 6.81. The monoisotopic (exact) mass is 165 g/mol. The standard InChI is InChI=1S/C8H11N3O/c1-2-9-8(10-3-1)12-7-6-11-4-5-11/h1-3H,4-7H2. The van der Waals surface area contributed by atoms with Gasteiger partial charge in [-0.05, 0) is 6.07 Å². The quantitative estimate of drug-likeness (QED) is 0.596. The number of aromatic nitrogens is 2. The minimum atomic E-state index is 0.472. The first-order valence-electron chi connectivity index (χ1n) is 4.07. The molecular weight excluding hydrogens is 154 g/mol. The summed E-state index contributed by atoms with van der Waals surface area (Å²) >= 11 is 0. The summed E-state index contributed by atoms with van der Waals surface area (Å²) in [5.74, 6) is 0. The van der Waals surface area contributed by atoms with Crippen molar-refractivity contribution in [2.24, 2.45) is 0 Å². The third-order valence-electron chi connectivity index (χ3n) is 1.72. The number of hydrogen-bond acceptors (Lipinski definition) is 4. The SMILES string of the molecule is c1cnc(OCCN2CC2)nc1. The van der Waals surface area contributed by atoms with Gasteiger partial charge in [-0.25, -0.2) is 9.97 Å². The van der Waals surface area contributed by atoms with Crippen LogP contribution in [0.1, 0.15) is 0 Å². The third-order valence-corrected chi connectivity index (χ3v) is 1.72. The molecule has 1 aromatic rings. The summed E-state index contributed by atoms with van der Waals surface area (Å²) in [6, 6.07) is 2.25. The van der Waals surface area contributed by atoms with Gasteiger partial charge in [-0.2, -0.15) is 0 Å². The molecule has 1 fully saturated rings. The van der Waals surface area contributed by atoms with Gasteiger partial charge in [0.05, 0.1) is 0 Å². The van der Waals surface area contributed by atoms with Crippen molar-refractivity contribution in [3.05, 3.63) is 18.5 Å². The number of hydrogen-bond donors (Lipinski definition) is 0. The van der Waals surface area contributed by atoms with E-state index in [-0.39, 0.29) is 0 Å². The Morgan fingerprint density at radius 2 is 2.08 bits per heavy atom. The van der Waals surface area contributed by atoms with Gasteiger partial charge in [0.25, 0.3) is 0 Å². The zero-order chi connectivity index (χ0) is 8.23. The first-order valence-corrected chi connectivity index (χ1v) is 4.07. The predicted molar refractivity (Wildman–Crippen MR) is 44.0 cm³/mol. The van der Waals surface area contributed by atoms with E-state index in [1.165, 1.54) is 13.1 Å². The maximum Gasteiger partial charge on any atom is 0.316 e. The van der Waals surface area contributed by atoms with Crippen molar-refractivity contribution in [2.75, 3.05) is 26.2 Å². The number of nitrogens with zero attached hydrogens (tertiary/aromatic N) is 3. The Balaban J connectivity index is 1.72. The normalized spacial score (nSPS) is 16.0. The van der Waals surface area contributed by atoms with Crippen molar-refractivity contribution in [1.29, 1.82) is 0 Å². The van der Waals surface area contributed by atoms with Crippen molar-refractivity contribution in [3.8, 4) is 6.01 Å². The van der Waals surface area contributed by atoms with Gasteiger partial charge < -0.3 is 4.74 Å². The lowest BCUT2D eigenvalue weighted by molar-refractivity contribution is 0.271. The molecule has 4 nitrogen and oxygen atoms in total. The van der Waals surface area contributed by atoms with Crippen LogP contribution in [-0.2, 0) is 0 Å². The van der Waals surface area contributed by atoms with Crippen LogP contribution < -0.4 is 4.74 Å². The van der Waals surface area contributed by atoms with E-state index in [4.69, 9.17) is 4.74 Å². The van der Waals surface area contributed by atoms with Gasteiger partial charge in [-0.15, -0.1) is 0 Å². The lowest BCUT2D eigenvalue weighted by Crippen LogP contribution is -2.11. The van der Waals surface area contributed by atoms with Gasteiger partial charge in [0.2, 0.25) is 0 Å². The van der Waals surface area contributed by atoms with Crippen molar-refractivity contribution in [2.45, 2.75) is 0 Å². The van der Waals surface area contributed by atoms with Crippen LogP contribution in [0.15, 0.2) is 18.5 Å². The highest BCUT2D eigenvalue weighted by atomic mass is 16.5. The summed E-state index contributed by atoms with van der Waals surface area (Å²) in [7, 11) is 0. The van der Waals surface area contributed by atoms with Crippen molar-refractivity contribution >= 4 is 0 Å². The molecule has 1 aliphatic rings. The van der Waals surface area contributed by atoms with E-state index in [0.29, 0.717) is 12.6 Å². The number of ether oxygens (including phenoxy) is 1. The molecule has 1 saturated heterocycles. The fourth-order valence-electron chi connectivity index (χ4n) is 0.920. The molecule has 0 aliphatic carbocycles. The molecule has 0 bridgehead atoms. The average molecular weight is 165 g/mol. The summed E-state index contributed by atoms with van der Waals surface area (Å²) in [5, 5.41) is 0. The average Bonchev–Trinajstić information content (AvgIpc) is 2.90. The van der Waals surface area contributed by atoms with Crippen LogP contribution in [0, 0.1) is 0 Å². The van der Waals surface area contributed by atoms with Crippen molar-refractivity contribution in [1.82, 2.24) is 14.9 Å².